The number of amidine groups is 2. The maximum atomic E-state index is 13.5. The maximum absolute atomic E-state index is 13.5. The third kappa shape index (κ3) is 3.52. The molecule has 2 aliphatic heterocycles. The Morgan fingerprint density at radius 2 is 1.76 bits per heavy atom. The van der Waals surface area contributed by atoms with Crippen molar-refractivity contribution in [2.24, 2.45) is 9.98 Å². The molecule has 2 aromatic carbocycles. The molecule has 0 saturated heterocycles. The third-order valence-electron chi connectivity index (χ3n) is 5.61. The Morgan fingerprint density at radius 1 is 0.971 bits per heavy atom. The lowest BCUT2D eigenvalue weighted by atomic mass is 10.1. The van der Waals surface area contributed by atoms with Gasteiger partial charge in [-0.15, -0.1) is 0 Å². The number of thioether (sulfide) groups is 1. The first-order valence-electron chi connectivity index (χ1n) is 10.5. The van der Waals surface area contributed by atoms with Crippen molar-refractivity contribution in [2.45, 2.75) is 11.8 Å². The van der Waals surface area contributed by atoms with Gasteiger partial charge in [-0.2, -0.15) is 0 Å². The number of hydrogen-bond donors (Lipinski definition) is 0. The predicted molar refractivity (Wildman–Crippen MR) is 134 cm³/mol. The second-order valence-electron chi connectivity index (χ2n) is 7.80. The first-order valence-corrected chi connectivity index (χ1v) is 11.9. The van der Waals surface area contributed by atoms with Gasteiger partial charge in [0.2, 0.25) is 0 Å². The average molecular weight is 486 g/mol. The van der Waals surface area contributed by atoms with Crippen LogP contribution in [0, 0.1) is 0 Å². The molecule has 34 heavy (non-hydrogen) atoms. The van der Waals surface area contributed by atoms with Gasteiger partial charge in [-0.3, -0.25) is 14.0 Å². The van der Waals surface area contributed by atoms with Crippen LogP contribution in [0.5, 0.6) is 0 Å². The second kappa shape index (κ2) is 8.23. The summed E-state index contributed by atoms with van der Waals surface area (Å²) in [6.07, 6.45) is 1.54. The van der Waals surface area contributed by atoms with E-state index in [9.17, 15) is 9.59 Å². The number of carbonyl (C=O) groups excluding carboxylic acids is 1. The minimum absolute atomic E-state index is 0.150. The molecule has 6 rings (SSSR count). The zero-order chi connectivity index (χ0) is 23.2. The van der Waals surface area contributed by atoms with Gasteiger partial charge in [0, 0.05) is 23.6 Å². The molecule has 0 bridgehead atoms. The molecule has 2 aromatic heterocycles. The smallest absolute Gasteiger partial charge is 0.263 e. The summed E-state index contributed by atoms with van der Waals surface area (Å²) >= 11 is 7.35. The van der Waals surface area contributed by atoms with Crippen LogP contribution in [0.2, 0.25) is 5.02 Å². The molecule has 4 aromatic rings. The van der Waals surface area contributed by atoms with Crippen LogP contribution in [0.3, 0.4) is 0 Å². The lowest BCUT2D eigenvalue weighted by Crippen LogP contribution is -2.39. The number of rotatable bonds is 3. The van der Waals surface area contributed by atoms with Crippen molar-refractivity contribution >= 4 is 51.6 Å². The third-order valence-corrected chi connectivity index (χ3v) is 6.81. The van der Waals surface area contributed by atoms with Gasteiger partial charge < -0.3 is 0 Å². The Balaban J connectivity index is 1.36. The molecular formula is C25H16ClN5O2S. The fraction of sp³-hybridized carbons (Fsp3) is 0.0800. The standard InChI is InChI=1S/C25H16ClN5O2S/c26-16-10-11-20-27-17(12-21(32)30(20)13-16)14-34-25-28-19-9-5-4-8-18(19)23-29-22(24(33)31(23)25)15-6-2-1-3-7-15/h1-13,22H,14H2/t22-/m1/s1. The zero-order valence-corrected chi connectivity index (χ0v) is 19.2. The summed E-state index contributed by atoms with van der Waals surface area (Å²) in [6, 6.07) is 21.4. The summed E-state index contributed by atoms with van der Waals surface area (Å²) in [7, 11) is 0. The molecule has 166 valence electrons. The molecule has 0 N–H and O–H groups in total. The topological polar surface area (TPSA) is 79.4 Å². The number of para-hydroxylation sites is 1. The van der Waals surface area contributed by atoms with E-state index < -0.39 is 6.04 Å². The molecule has 4 heterocycles. The van der Waals surface area contributed by atoms with Gasteiger partial charge in [-0.25, -0.2) is 19.9 Å². The van der Waals surface area contributed by atoms with E-state index in [2.05, 4.69) is 4.98 Å². The highest BCUT2D eigenvalue weighted by atomic mass is 35.5. The van der Waals surface area contributed by atoms with Gasteiger partial charge in [-0.05, 0) is 29.8 Å². The summed E-state index contributed by atoms with van der Waals surface area (Å²) in [5.74, 6) is 0.805. The minimum Gasteiger partial charge on any atom is -0.271 e. The van der Waals surface area contributed by atoms with Crippen LogP contribution in [0.25, 0.3) is 5.65 Å². The molecular weight excluding hydrogens is 470 g/mol. The SMILES string of the molecule is O=C1[C@@H](c2ccccc2)N=C2c3ccccc3N=C(SCc3cc(=O)n4cc(Cl)ccc4n3)N12. The van der Waals surface area contributed by atoms with Crippen LogP contribution in [-0.2, 0) is 10.5 Å². The van der Waals surface area contributed by atoms with Crippen LogP contribution in [0.1, 0.15) is 22.9 Å². The number of halogens is 1. The fourth-order valence-corrected chi connectivity index (χ4v) is 5.09. The highest BCUT2D eigenvalue weighted by Crippen LogP contribution is 2.38. The van der Waals surface area contributed by atoms with E-state index in [4.69, 9.17) is 21.6 Å². The summed E-state index contributed by atoms with van der Waals surface area (Å²) in [4.78, 5) is 41.7. The monoisotopic (exact) mass is 485 g/mol. The van der Waals surface area contributed by atoms with Crippen molar-refractivity contribution in [3.63, 3.8) is 0 Å². The first kappa shape index (κ1) is 20.8. The summed E-state index contributed by atoms with van der Waals surface area (Å²) in [6.45, 7) is 0. The molecule has 0 aliphatic carbocycles. The number of carbonyl (C=O) groups is 1. The van der Waals surface area contributed by atoms with Gasteiger partial charge in [0.25, 0.3) is 11.5 Å². The molecule has 7 nitrogen and oxygen atoms in total. The molecule has 1 atom stereocenters. The van der Waals surface area contributed by atoms with Crippen molar-refractivity contribution in [2.75, 3.05) is 0 Å². The van der Waals surface area contributed by atoms with Gasteiger partial charge in [0.05, 0.1) is 16.4 Å². The summed E-state index contributed by atoms with van der Waals surface area (Å²) in [5.41, 5.74) is 3.28. The number of amides is 1. The Morgan fingerprint density at radius 3 is 2.62 bits per heavy atom. The van der Waals surface area contributed by atoms with Crippen molar-refractivity contribution in [3.8, 4) is 0 Å². The van der Waals surface area contributed by atoms with Gasteiger partial charge in [0.15, 0.2) is 11.2 Å². The largest absolute Gasteiger partial charge is 0.271 e. The average Bonchev–Trinajstić information content (AvgIpc) is 3.21. The molecule has 0 unspecified atom stereocenters. The highest BCUT2D eigenvalue weighted by Gasteiger charge is 2.41. The first-order chi connectivity index (χ1) is 16.6. The van der Waals surface area contributed by atoms with E-state index in [0.29, 0.717) is 33.1 Å². The predicted octanol–water partition coefficient (Wildman–Crippen LogP) is 4.61. The fourth-order valence-electron chi connectivity index (χ4n) is 4.04. The van der Waals surface area contributed by atoms with Crippen LogP contribution in [0.4, 0.5) is 5.69 Å². The Labute approximate surface area is 203 Å². The maximum Gasteiger partial charge on any atom is 0.263 e. The van der Waals surface area contributed by atoms with E-state index in [1.165, 1.54) is 22.2 Å². The number of aromatic nitrogens is 2. The van der Waals surface area contributed by atoms with Gasteiger partial charge in [-0.1, -0.05) is 65.8 Å². The lowest BCUT2D eigenvalue weighted by Gasteiger charge is -2.25. The summed E-state index contributed by atoms with van der Waals surface area (Å²) in [5, 5.41) is 0.972. The highest BCUT2D eigenvalue weighted by molar-refractivity contribution is 8.13. The van der Waals surface area contributed by atoms with Gasteiger partial charge >= 0.3 is 0 Å². The Kier molecular flexibility index (Phi) is 5.04. The number of aliphatic imine (C=N–C) groups is 2. The van der Waals surface area contributed by atoms with Crippen LogP contribution >= 0.6 is 23.4 Å². The number of benzene rings is 2. The number of hydrogen-bond acceptors (Lipinski definition) is 6. The normalized spacial score (nSPS) is 16.8. The number of nitrogens with zero attached hydrogens (tertiary/aromatic N) is 5. The van der Waals surface area contributed by atoms with Crippen LogP contribution in [0.15, 0.2) is 93.8 Å². The number of pyridine rings is 1. The van der Waals surface area contributed by atoms with E-state index in [0.717, 1.165) is 16.8 Å². The molecule has 2 aliphatic rings. The molecule has 0 fully saturated rings. The number of fused-ring (bicyclic) bond motifs is 4. The Bertz CT molecular complexity index is 1580. The second-order valence-corrected chi connectivity index (χ2v) is 9.18. The van der Waals surface area contributed by atoms with Crippen molar-refractivity contribution in [3.05, 3.63) is 111 Å². The molecule has 1 amide bonds. The van der Waals surface area contributed by atoms with E-state index in [-0.39, 0.29) is 11.5 Å². The molecule has 0 saturated carbocycles. The van der Waals surface area contributed by atoms with Crippen molar-refractivity contribution in [1.82, 2.24) is 14.3 Å². The molecule has 9 heteroatoms. The van der Waals surface area contributed by atoms with Crippen LogP contribution < -0.4 is 5.56 Å². The quantitative estimate of drug-likeness (QED) is 0.424. The van der Waals surface area contributed by atoms with Gasteiger partial charge in [0.1, 0.15) is 11.5 Å². The zero-order valence-electron chi connectivity index (χ0n) is 17.6. The lowest BCUT2D eigenvalue weighted by molar-refractivity contribution is -0.124. The minimum atomic E-state index is -0.624. The molecule has 0 spiro atoms. The van der Waals surface area contributed by atoms with Crippen LogP contribution in [-0.4, -0.2) is 31.2 Å². The summed E-state index contributed by atoms with van der Waals surface area (Å²) < 4.78 is 1.41. The van der Waals surface area contributed by atoms with E-state index in [1.54, 1.807) is 23.2 Å². The van der Waals surface area contributed by atoms with Crippen molar-refractivity contribution < 1.29 is 4.79 Å². The van der Waals surface area contributed by atoms with E-state index >= 15 is 0 Å². The Hall–Kier alpha value is -3.75. The molecule has 0 radical (unpaired) electrons. The van der Waals surface area contributed by atoms with E-state index in [1.807, 2.05) is 54.6 Å². The van der Waals surface area contributed by atoms with Crippen molar-refractivity contribution in [1.29, 1.82) is 0 Å².